The molecule has 1 heterocycles. The Kier molecular flexibility index (Phi) is 4.06. The van der Waals surface area contributed by atoms with Crippen molar-refractivity contribution in [3.8, 4) is 5.75 Å². The van der Waals surface area contributed by atoms with E-state index in [0.29, 0.717) is 11.4 Å². The van der Waals surface area contributed by atoms with Crippen LogP contribution in [0.25, 0.3) is 0 Å². The number of hydrogen-bond acceptors (Lipinski definition) is 4. The van der Waals surface area contributed by atoms with E-state index in [1.54, 1.807) is 13.4 Å². The van der Waals surface area contributed by atoms with Gasteiger partial charge in [0.25, 0.3) is 0 Å². The maximum atomic E-state index is 11.7. The third kappa shape index (κ3) is 3.19. The first kappa shape index (κ1) is 15.9. The number of methoxy groups -OCH3 is 1. The van der Waals surface area contributed by atoms with Gasteiger partial charge in [-0.05, 0) is 36.5 Å². The Morgan fingerprint density at radius 2 is 2.17 bits per heavy atom. The zero-order valence-corrected chi connectivity index (χ0v) is 14.4. The molecule has 0 saturated carbocycles. The number of sulfonamides is 1. The van der Waals surface area contributed by atoms with Crippen molar-refractivity contribution in [3.63, 3.8) is 0 Å². The second kappa shape index (κ2) is 5.88. The zero-order valence-electron chi connectivity index (χ0n) is 13.5. The highest BCUT2D eigenvalue weighted by molar-refractivity contribution is 7.92. The third-order valence-corrected chi connectivity index (χ3v) is 4.77. The molecular weight excluding hydrogens is 314 g/mol. The summed E-state index contributed by atoms with van der Waals surface area (Å²) in [5.41, 5.74) is 3.72. The van der Waals surface area contributed by atoms with Crippen molar-refractivity contribution in [2.75, 3.05) is 18.1 Å². The summed E-state index contributed by atoms with van der Waals surface area (Å²) in [5.74, 6) is 0.738. The van der Waals surface area contributed by atoms with E-state index in [2.05, 4.69) is 9.71 Å². The molecule has 0 bridgehead atoms. The van der Waals surface area contributed by atoms with Crippen molar-refractivity contribution >= 4 is 15.7 Å². The van der Waals surface area contributed by atoms with Crippen molar-refractivity contribution in [2.45, 2.75) is 25.2 Å². The SMILES string of the molecule is COc1ccc2c(c1NS(C)(=O)=O)CCCC2c1cn(C)cn1. The summed E-state index contributed by atoms with van der Waals surface area (Å²) in [6.45, 7) is 0. The number of fused-ring (bicyclic) bond motifs is 1. The van der Waals surface area contributed by atoms with E-state index in [4.69, 9.17) is 4.74 Å². The summed E-state index contributed by atoms with van der Waals surface area (Å²) in [5, 5.41) is 0. The predicted octanol–water partition coefficient (Wildman–Crippen LogP) is 2.27. The van der Waals surface area contributed by atoms with Crippen molar-refractivity contribution in [1.82, 2.24) is 9.55 Å². The molecule has 3 rings (SSSR count). The molecule has 1 N–H and O–H groups in total. The molecule has 1 aliphatic rings. The Bertz CT molecular complexity index is 827. The number of nitrogens with zero attached hydrogens (tertiary/aromatic N) is 2. The molecule has 1 unspecified atom stereocenters. The highest BCUT2D eigenvalue weighted by Gasteiger charge is 2.27. The third-order valence-electron chi connectivity index (χ3n) is 4.20. The number of ether oxygens (including phenoxy) is 1. The fourth-order valence-electron chi connectivity index (χ4n) is 3.26. The minimum atomic E-state index is -3.37. The number of nitrogens with one attached hydrogen (secondary N) is 1. The van der Waals surface area contributed by atoms with Crippen LogP contribution in [0.15, 0.2) is 24.7 Å². The van der Waals surface area contributed by atoms with Gasteiger partial charge in [-0.3, -0.25) is 4.72 Å². The number of hydrogen-bond donors (Lipinski definition) is 1. The van der Waals surface area contributed by atoms with Crippen LogP contribution in [-0.4, -0.2) is 31.3 Å². The number of rotatable bonds is 4. The number of anilines is 1. The average molecular weight is 335 g/mol. The Morgan fingerprint density at radius 3 is 2.78 bits per heavy atom. The zero-order chi connectivity index (χ0) is 16.6. The Morgan fingerprint density at radius 1 is 1.39 bits per heavy atom. The van der Waals surface area contributed by atoms with Gasteiger partial charge in [-0.2, -0.15) is 0 Å². The lowest BCUT2D eigenvalue weighted by atomic mass is 9.80. The molecule has 0 fully saturated rings. The average Bonchev–Trinajstić information content (AvgIpc) is 2.92. The molecule has 1 atom stereocenters. The first-order valence-electron chi connectivity index (χ1n) is 7.54. The van der Waals surface area contributed by atoms with Crippen LogP contribution in [0.4, 0.5) is 5.69 Å². The minimum Gasteiger partial charge on any atom is -0.495 e. The molecule has 0 amide bonds. The lowest BCUT2D eigenvalue weighted by Gasteiger charge is -2.27. The van der Waals surface area contributed by atoms with Gasteiger partial charge in [-0.25, -0.2) is 13.4 Å². The van der Waals surface area contributed by atoms with E-state index in [1.165, 1.54) is 0 Å². The second-order valence-corrected chi connectivity index (χ2v) is 7.74. The predicted molar refractivity (Wildman–Crippen MR) is 89.4 cm³/mol. The van der Waals surface area contributed by atoms with Gasteiger partial charge in [-0.15, -0.1) is 0 Å². The molecule has 6 nitrogen and oxygen atoms in total. The van der Waals surface area contributed by atoms with E-state index in [0.717, 1.165) is 42.3 Å². The maximum Gasteiger partial charge on any atom is 0.229 e. The first-order valence-corrected chi connectivity index (χ1v) is 9.43. The number of benzene rings is 1. The molecule has 2 aromatic rings. The highest BCUT2D eigenvalue weighted by Crippen LogP contribution is 2.42. The molecule has 0 saturated heterocycles. The Balaban J connectivity index is 2.12. The molecule has 23 heavy (non-hydrogen) atoms. The summed E-state index contributed by atoms with van der Waals surface area (Å²) < 4.78 is 33.4. The fourth-order valence-corrected chi connectivity index (χ4v) is 3.86. The Labute approximate surface area is 136 Å². The summed E-state index contributed by atoms with van der Waals surface area (Å²) in [7, 11) is 0.128. The molecule has 7 heteroatoms. The Hall–Kier alpha value is -2.02. The molecule has 1 aromatic carbocycles. The van der Waals surface area contributed by atoms with Crippen LogP contribution < -0.4 is 9.46 Å². The van der Waals surface area contributed by atoms with E-state index < -0.39 is 10.0 Å². The van der Waals surface area contributed by atoms with Gasteiger partial charge in [0.05, 0.1) is 31.1 Å². The maximum absolute atomic E-state index is 11.7. The van der Waals surface area contributed by atoms with Crippen LogP contribution in [-0.2, 0) is 23.5 Å². The smallest absolute Gasteiger partial charge is 0.229 e. The molecule has 124 valence electrons. The van der Waals surface area contributed by atoms with E-state index in [9.17, 15) is 8.42 Å². The standard InChI is InChI=1S/C16H21N3O3S/c1-19-9-14(17-10-19)12-5-4-6-13-11(12)7-8-15(22-2)16(13)18-23(3,20)21/h7-10,12,18H,4-6H2,1-3H3. The normalized spacial score (nSPS) is 17.6. The van der Waals surface area contributed by atoms with Crippen LogP contribution in [0.1, 0.15) is 35.6 Å². The monoisotopic (exact) mass is 335 g/mol. The van der Waals surface area contributed by atoms with Crippen LogP contribution in [0.5, 0.6) is 5.75 Å². The molecule has 0 radical (unpaired) electrons. The lowest BCUT2D eigenvalue weighted by molar-refractivity contribution is 0.415. The second-order valence-electron chi connectivity index (χ2n) is 5.99. The van der Waals surface area contributed by atoms with Gasteiger partial charge in [0.15, 0.2) is 0 Å². The van der Waals surface area contributed by atoms with Gasteiger partial charge in [0.1, 0.15) is 5.75 Å². The van der Waals surface area contributed by atoms with Crippen LogP contribution in [0.2, 0.25) is 0 Å². The van der Waals surface area contributed by atoms with Gasteiger partial charge in [0.2, 0.25) is 10.0 Å². The van der Waals surface area contributed by atoms with Gasteiger partial charge >= 0.3 is 0 Å². The summed E-state index contributed by atoms with van der Waals surface area (Å²) in [6.07, 6.45) is 7.80. The summed E-state index contributed by atoms with van der Waals surface area (Å²) in [6, 6.07) is 3.85. The van der Waals surface area contributed by atoms with E-state index in [-0.39, 0.29) is 5.92 Å². The minimum absolute atomic E-state index is 0.186. The van der Waals surface area contributed by atoms with Crippen molar-refractivity contribution in [2.24, 2.45) is 7.05 Å². The molecule has 1 aliphatic carbocycles. The van der Waals surface area contributed by atoms with E-state index >= 15 is 0 Å². The molecule has 0 aliphatic heterocycles. The quantitative estimate of drug-likeness (QED) is 0.930. The topological polar surface area (TPSA) is 73.2 Å². The highest BCUT2D eigenvalue weighted by atomic mass is 32.2. The number of aromatic nitrogens is 2. The lowest BCUT2D eigenvalue weighted by Crippen LogP contribution is -2.17. The van der Waals surface area contributed by atoms with Crippen molar-refractivity contribution in [1.29, 1.82) is 0 Å². The summed E-state index contributed by atoms with van der Waals surface area (Å²) >= 11 is 0. The van der Waals surface area contributed by atoms with Gasteiger partial charge < -0.3 is 9.30 Å². The van der Waals surface area contributed by atoms with Crippen LogP contribution in [0, 0.1) is 0 Å². The molecular formula is C16H21N3O3S. The van der Waals surface area contributed by atoms with Crippen LogP contribution >= 0.6 is 0 Å². The number of imidazole rings is 1. The number of aryl methyl sites for hydroxylation is 1. The first-order chi connectivity index (χ1) is 10.9. The van der Waals surface area contributed by atoms with Crippen molar-refractivity contribution in [3.05, 3.63) is 41.5 Å². The fraction of sp³-hybridized carbons (Fsp3) is 0.438. The van der Waals surface area contributed by atoms with Gasteiger partial charge in [0, 0.05) is 19.2 Å². The molecule has 0 spiro atoms. The largest absolute Gasteiger partial charge is 0.495 e. The van der Waals surface area contributed by atoms with E-state index in [1.807, 2.05) is 29.9 Å². The van der Waals surface area contributed by atoms with Gasteiger partial charge in [-0.1, -0.05) is 6.07 Å². The summed E-state index contributed by atoms with van der Waals surface area (Å²) in [4.78, 5) is 4.48. The van der Waals surface area contributed by atoms with Crippen molar-refractivity contribution < 1.29 is 13.2 Å². The van der Waals surface area contributed by atoms with Crippen LogP contribution in [0.3, 0.4) is 0 Å². The molecule has 1 aromatic heterocycles.